The third-order valence-electron chi connectivity index (χ3n) is 6.00. The molecule has 8 nitrogen and oxygen atoms in total. The van der Waals surface area contributed by atoms with Gasteiger partial charge in [-0.25, -0.2) is 4.98 Å². The maximum Gasteiger partial charge on any atom is 0.255 e. The minimum atomic E-state index is -0.877. The SMILES string of the molecule is Cc1c(Nc2cc(N3CC[C@@](C#N)(C4CC4)C3=O)ccn2)cncc1C(=O)N(C)C. The average molecular weight is 404 g/mol. The minimum Gasteiger partial charge on any atom is -0.345 e. The van der Waals surface area contributed by atoms with Crippen LogP contribution in [0.5, 0.6) is 0 Å². The van der Waals surface area contributed by atoms with Crippen LogP contribution in [0.2, 0.25) is 0 Å². The van der Waals surface area contributed by atoms with Gasteiger partial charge in [-0.05, 0) is 43.7 Å². The fourth-order valence-electron chi connectivity index (χ4n) is 4.03. The number of nitrogens with zero attached hydrogens (tertiary/aromatic N) is 5. The summed E-state index contributed by atoms with van der Waals surface area (Å²) in [4.78, 5) is 37.1. The number of rotatable bonds is 5. The third-order valence-corrected chi connectivity index (χ3v) is 6.00. The van der Waals surface area contributed by atoms with E-state index in [1.165, 1.54) is 4.90 Å². The molecule has 2 aliphatic rings. The summed E-state index contributed by atoms with van der Waals surface area (Å²) in [6.45, 7) is 2.38. The Labute approximate surface area is 175 Å². The van der Waals surface area contributed by atoms with Crippen molar-refractivity contribution in [1.82, 2.24) is 14.9 Å². The molecule has 2 amide bonds. The van der Waals surface area contributed by atoms with Crippen molar-refractivity contribution in [3.05, 3.63) is 41.9 Å². The maximum atomic E-state index is 13.1. The van der Waals surface area contributed by atoms with E-state index in [4.69, 9.17) is 0 Å². The topological polar surface area (TPSA) is 102 Å². The molecule has 1 atom stereocenters. The Bertz CT molecular complexity index is 1060. The Morgan fingerprint density at radius 2 is 2.13 bits per heavy atom. The molecule has 1 aliphatic carbocycles. The molecule has 154 valence electrons. The van der Waals surface area contributed by atoms with Gasteiger partial charge in [0.2, 0.25) is 5.91 Å². The van der Waals surface area contributed by atoms with Crippen LogP contribution in [-0.2, 0) is 4.79 Å². The van der Waals surface area contributed by atoms with Gasteiger partial charge in [0, 0.05) is 44.8 Å². The van der Waals surface area contributed by atoms with Crippen LogP contribution in [0.3, 0.4) is 0 Å². The lowest BCUT2D eigenvalue weighted by atomic mass is 9.83. The van der Waals surface area contributed by atoms with Crippen molar-refractivity contribution in [2.45, 2.75) is 26.2 Å². The molecule has 0 bridgehead atoms. The van der Waals surface area contributed by atoms with Crippen LogP contribution in [0, 0.1) is 29.6 Å². The summed E-state index contributed by atoms with van der Waals surface area (Å²) in [5.41, 5.74) is 1.79. The smallest absolute Gasteiger partial charge is 0.255 e. The predicted octanol–water partition coefficient (Wildman–Crippen LogP) is 2.89. The van der Waals surface area contributed by atoms with E-state index in [1.54, 1.807) is 49.7 Å². The second-order valence-electron chi connectivity index (χ2n) is 8.15. The number of pyridine rings is 2. The zero-order chi connectivity index (χ0) is 21.5. The van der Waals surface area contributed by atoms with Gasteiger partial charge in [-0.15, -0.1) is 0 Å². The quantitative estimate of drug-likeness (QED) is 0.822. The Balaban J connectivity index is 1.59. The van der Waals surface area contributed by atoms with Crippen molar-refractivity contribution in [2.75, 3.05) is 30.9 Å². The van der Waals surface area contributed by atoms with Crippen molar-refractivity contribution < 1.29 is 9.59 Å². The first kappa shape index (κ1) is 19.8. The number of nitriles is 1. The molecule has 1 saturated carbocycles. The summed E-state index contributed by atoms with van der Waals surface area (Å²) >= 11 is 0. The maximum absolute atomic E-state index is 13.1. The van der Waals surface area contributed by atoms with E-state index >= 15 is 0 Å². The molecule has 3 heterocycles. The molecular weight excluding hydrogens is 380 g/mol. The molecule has 1 saturated heterocycles. The second-order valence-corrected chi connectivity index (χ2v) is 8.15. The number of hydrogen-bond acceptors (Lipinski definition) is 6. The molecule has 0 spiro atoms. The van der Waals surface area contributed by atoms with E-state index < -0.39 is 5.41 Å². The van der Waals surface area contributed by atoms with E-state index in [-0.39, 0.29) is 17.7 Å². The Hall–Kier alpha value is -3.47. The Morgan fingerprint density at radius 1 is 1.37 bits per heavy atom. The zero-order valence-corrected chi connectivity index (χ0v) is 17.3. The van der Waals surface area contributed by atoms with E-state index in [0.717, 1.165) is 18.4 Å². The molecule has 1 N–H and O–H groups in total. The average Bonchev–Trinajstić information content (AvgIpc) is 3.53. The predicted molar refractivity (Wildman–Crippen MR) is 112 cm³/mol. The fourth-order valence-corrected chi connectivity index (χ4v) is 4.03. The number of aromatic nitrogens is 2. The lowest BCUT2D eigenvalue weighted by molar-refractivity contribution is -0.123. The number of carbonyl (C=O) groups excluding carboxylic acids is 2. The van der Waals surface area contributed by atoms with Crippen LogP contribution in [0.1, 0.15) is 35.2 Å². The van der Waals surface area contributed by atoms with Crippen LogP contribution >= 0.6 is 0 Å². The van der Waals surface area contributed by atoms with Gasteiger partial charge in [0.05, 0.1) is 23.5 Å². The van der Waals surface area contributed by atoms with Gasteiger partial charge in [-0.2, -0.15) is 5.26 Å². The lowest BCUT2D eigenvalue weighted by Gasteiger charge is -2.21. The van der Waals surface area contributed by atoms with Gasteiger partial charge in [-0.1, -0.05) is 0 Å². The first-order valence-electron chi connectivity index (χ1n) is 10.00. The first-order chi connectivity index (χ1) is 14.4. The number of hydrogen-bond donors (Lipinski definition) is 1. The van der Waals surface area contributed by atoms with Gasteiger partial charge in [0.15, 0.2) is 0 Å². The summed E-state index contributed by atoms with van der Waals surface area (Å²) in [5, 5.41) is 12.9. The molecule has 0 aromatic carbocycles. The molecular formula is C22H24N6O2. The van der Waals surface area contributed by atoms with Gasteiger partial charge in [0.1, 0.15) is 11.2 Å². The van der Waals surface area contributed by atoms with E-state index in [1.807, 2.05) is 6.92 Å². The monoisotopic (exact) mass is 404 g/mol. The highest BCUT2D eigenvalue weighted by Crippen LogP contribution is 2.51. The largest absolute Gasteiger partial charge is 0.345 e. The summed E-state index contributed by atoms with van der Waals surface area (Å²) in [5.74, 6) is 0.493. The van der Waals surface area contributed by atoms with Gasteiger partial charge in [-0.3, -0.25) is 14.6 Å². The van der Waals surface area contributed by atoms with Crippen LogP contribution in [-0.4, -0.2) is 47.3 Å². The van der Waals surface area contributed by atoms with Crippen molar-refractivity contribution in [3.63, 3.8) is 0 Å². The standard InChI is InChI=1S/C22H24N6O2/c1-14-17(20(29)27(2)3)11-24-12-18(14)26-19-10-16(6-8-25-19)28-9-7-22(13-23,21(28)30)15-4-5-15/h6,8,10-12,15H,4-5,7,9H2,1-3H3,(H,25,26)/t22-/m1/s1. The van der Waals surface area contributed by atoms with Gasteiger partial charge in [0.25, 0.3) is 5.91 Å². The second kappa shape index (κ2) is 7.41. The molecule has 2 fully saturated rings. The fraction of sp³-hybridized carbons (Fsp3) is 0.409. The molecule has 8 heteroatoms. The van der Waals surface area contributed by atoms with Gasteiger partial charge >= 0.3 is 0 Å². The molecule has 4 rings (SSSR count). The van der Waals surface area contributed by atoms with E-state index in [2.05, 4.69) is 21.4 Å². The number of nitrogens with one attached hydrogen (secondary N) is 1. The van der Waals surface area contributed by atoms with E-state index in [9.17, 15) is 14.9 Å². The molecule has 0 radical (unpaired) electrons. The molecule has 1 aliphatic heterocycles. The summed E-state index contributed by atoms with van der Waals surface area (Å²) in [6.07, 6.45) is 7.29. The van der Waals surface area contributed by atoms with Crippen LogP contribution in [0.4, 0.5) is 17.2 Å². The van der Waals surface area contributed by atoms with Crippen molar-refractivity contribution in [3.8, 4) is 6.07 Å². The Kier molecular flexibility index (Phi) is 4.90. The van der Waals surface area contributed by atoms with E-state index in [0.29, 0.717) is 35.7 Å². The summed E-state index contributed by atoms with van der Waals surface area (Å²) in [7, 11) is 3.39. The van der Waals surface area contributed by atoms with Crippen LogP contribution < -0.4 is 10.2 Å². The molecule has 0 unspecified atom stereocenters. The normalized spacial score (nSPS) is 20.7. The van der Waals surface area contributed by atoms with Crippen molar-refractivity contribution >= 4 is 29.0 Å². The van der Waals surface area contributed by atoms with Crippen molar-refractivity contribution in [2.24, 2.45) is 11.3 Å². The lowest BCUT2D eigenvalue weighted by Crippen LogP contribution is -2.35. The molecule has 2 aromatic heterocycles. The highest BCUT2D eigenvalue weighted by atomic mass is 16.2. The first-order valence-corrected chi connectivity index (χ1v) is 10.00. The number of anilines is 3. The Morgan fingerprint density at radius 3 is 2.80 bits per heavy atom. The number of amides is 2. The highest BCUT2D eigenvalue weighted by molar-refractivity contribution is 6.02. The third kappa shape index (κ3) is 3.26. The highest BCUT2D eigenvalue weighted by Gasteiger charge is 2.56. The number of carbonyl (C=O) groups is 2. The zero-order valence-electron chi connectivity index (χ0n) is 17.3. The van der Waals surface area contributed by atoms with Gasteiger partial charge < -0.3 is 15.1 Å². The van der Waals surface area contributed by atoms with Crippen LogP contribution in [0.25, 0.3) is 0 Å². The molecule has 2 aromatic rings. The van der Waals surface area contributed by atoms with Crippen molar-refractivity contribution in [1.29, 1.82) is 5.26 Å². The summed E-state index contributed by atoms with van der Waals surface area (Å²) in [6, 6.07) is 5.88. The summed E-state index contributed by atoms with van der Waals surface area (Å²) < 4.78 is 0. The minimum absolute atomic E-state index is 0.110. The van der Waals surface area contributed by atoms with Crippen LogP contribution in [0.15, 0.2) is 30.7 Å². The molecule has 30 heavy (non-hydrogen) atoms.